The van der Waals surface area contributed by atoms with E-state index in [9.17, 15) is 4.79 Å². The molecular formula is C17H17N3OS. The molecule has 0 aliphatic carbocycles. The summed E-state index contributed by atoms with van der Waals surface area (Å²) in [6.07, 6.45) is 1.64. The van der Waals surface area contributed by atoms with Gasteiger partial charge < -0.3 is 11.1 Å². The molecule has 2 heterocycles. The number of anilines is 1. The second kappa shape index (κ2) is 5.42. The van der Waals surface area contributed by atoms with Crippen LogP contribution in [0.25, 0.3) is 21.1 Å². The maximum atomic E-state index is 12.1. The van der Waals surface area contributed by atoms with Crippen molar-refractivity contribution in [2.45, 2.75) is 13.8 Å². The Kier molecular flexibility index (Phi) is 3.58. The van der Waals surface area contributed by atoms with Crippen LogP contribution in [0, 0.1) is 13.8 Å². The number of fused-ring (bicyclic) bond motifs is 2. The molecule has 1 aromatic carbocycles. The minimum atomic E-state index is -0.184. The Morgan fingerprint density at radius 1 is 1.36 bits per heavy atom. The van der Waals surface area contributed by atoms with Gasteiger partial charge in [-0.1, -0.05) is 6.08 Å². The van der Waals surface area contributed by atoms with Crippen molar-refractivity contribution in [1.29, 1.82) is 0 Å². The topological polar surface area (TPSA) is 68.0 Å². The van der Waals surface area contributed by atoms with E-state index < -0.39 is 0 Å². The fourth-order valence-electron chi connectivity index (χ4n) is 2.38. The van der Waals surface area contributed by atoms with E-state index in [0.717, 1.165) is 21.1 Å². The molecule has 0 radical (unpaired) electrons. The fraction of sp³-hybridized carbons (Fsp3) is 0.176. The highest BCUT2D eigenvalue weighted by atomic mass is 32.1. The average Bonchev–Trinajstić information content (AvgIpc) is 2.81. The van der Waals surface area contributed by atoms with Gasteiger partial charge in [-0.2, -0.15) is 0 Å². The lowest BCUT2D eigenvalue weighted by atomic mass is 10.1. The number of carbonyl (C=O) groups excluding carboxylic acids is 1. The fourth-order valence-corrected chi connectivity index (χ4v) is 3.38. The molecule has 0 unspecified atom stereocenters. The zero-order valence-electron chi connectivity index (χ0n) is 12.6. The number of hydrogen-bond donors (Lipinski definition) is 2. The van der Waals surface area contributed by atoms with E-state index in [1.54, 1.807) is 6.08 Å². The van der Waals surface area contributed by atoms with E-state index in [-0.39, 0.29) is 5.91 Å². The van der Waals surface area contributed by atoms with Gasteiger partial charge in [0.25, 0.3) is 5.91 Å². The van der Waals surface area contributed by atoms with Crippen LogP contribution in [-0.2, 0) is 0 Å². The van der Waals surface area contributed by atoms with Gasteiger partial charge in [0, 0.05) is 17.3 Å². The number of nitrogen functional groups attached to an aromatic ring is 1. The summed E-state index contributed by atoms with van der Waals surface area (Å²) in [7, 11) is 0. The van der Waals surface area contributed by atoms with Gasteiger partial charge in [0.15, 0.2) is 0 Å². The molecule has 5 heteroatoms. The number of carbonyl (C=O) groups is 1. The molecule has 1 amide bonds. The van der Waals surface area contributed by atoms with Crippen molar-refractivity contribution in [3.63, 3.8) is 0 Å². The van der Waals surface area contributed by atoms with Crippen molar-refractivity contribution < 1.29 is 4.79 Å². The highest BCUT2D eigenvalue weighted by Gasteiger charge is 2.17. The number of thiophene rings is 1. The molecule has 0 fully saturated rings. The van der Waals surface area contributed by atoms with Crippen LogP contribution >= 0.6 is 11.3 Å². The first kappa shape index (κ1) is 14.5. The molecule has 3 rings (SSSR count). The van der Waals surface area contributed by atoms with Crippen LogP contribution < -0.4 is 11.1 Å². The lowest BCUT2D eigenvalue weighted by Crippen LogP contribution is -2.22. The third-order valence-corrected chi connectivity index (χ3v) is 4.86. The van der Waals surface area contributed by atoms with Gasteiger partial charge in [-0.3, -0.25) is 4.79 Å². The zero-order valence-corrected chi connectivity index (χ0v) is 13.4. The van der Waals surface area contributed by atoms with Gasteiger partial charge in [-0.15, -0.1) is 17.9 Å². The van der Waals surface area contributed by atoms with E-state index in [0.29, 0.717) is 17.1 Å². The number of nitrogens with one attached hydrogen (secondary N) is 1. The van der Waals surface area contributed by atoms with Crippen LogP contribution in [0.2, 0.25) is 0 Å². The Labute approximate surface area is 132 Å². The first-order valence-electron chi connectivity index (χ1n) is 7.00. The molecule has 0 aliphatic rings. The lowest BCUT2D eigenvalue weighted by Gasteiger charge is -2.03. The van der Waals surface area contributed by atoms with Crippen molar-refractivity contribution in [2.75, 3.05) is 12.3 Å². The molecule has 2 aromatic heterocycles. The molecule has 112 valence electrons. The molecule has 0 bridgehead atoms. The van der Waals surface area contributed by atoms with Crippen LogP contribution in [0.3, 0.4) is 0 Å². The van der Waals surface area contributed by atoms with E-state index in [4.69, 9.17) is 5.73 Å². The van der Waals surface area contributed by atoms with Crippen molar-refractivity contribution in [3.8, 4) is 0 Å². The molecule has 0 spiro atoms. The van der Waals surface area contributed by atoms with Crippen molar-refractivity contribution in [2.24, 2.45) is 0 Å². The summed E-state index contributed by atoms with van der Waals surface area (Å²) in [5.41, 5.74) is 9.99. The number of amides is 1. The normalized spacial score (nSPS) is 11.0. The first-order valence-corrected chi connectivity index (χ1v) is 7.82. The van der Waals surface area contributed by atoms with E-state index >= 15 is 0 Å². The third kappa shape index (κ3) is 2.33. The molecule has 0 aliphatic heterocycles. The van der Waals surface area contributed by atoms with E-state index in [1.165, 1.54) is 22.5 Å². The number of hydrogen-bond acceptors (Lipinski definition) is 4. The number of benzene rings is 1. The second-order valence-corrected chi connectivity index (χ2v) is 6.31. The molecule has 0 saturated carbocycles. The lowest BCUT2D eigenvalue weighted by molar-refractivity contribution is 0.0963. The van der Waals surface area contributed by atoms with Gasteiger partial charge in [0.2, 0.25) is 0 Å². The Balaban J connectivity index is 2.18. The number of nitrogens with zero attached hydrogens (tertiary/aromatic N) is 1. The van der Waals surface area contributed by atoms with E-state index in [2.05, 4.69) is 42.9 Å². The predicted molar refractivity (Wildman–Crippen MR) is 93.5 cm³/mol. The van der Waals surface area contributed by atoms with Gasteiger partial charge in [-0.25, -0.2) is 4.98 Å². The number of nitrogens with two attached hydrogens (primary N) is 1. The van der Waals surface area contributed by atoms with Crippen LogP contribution in [0.5, 0.6) is 0 Å². The van der Waals surface area contributed by atoms with Crippen LogP contribution in [0.1, 0.15) is 20.8 Å². The summed E-state index contributed by atoms with van der Waals surface area (Å²) < 4.78 is 0. The number of aromatic nitrogens is 1. The Hall–Kier alpha value is -2.40. The van der Waals surface area contributed by atoms with Gasteiger partial charge in [0.05, 0.1) is 11.2 Å². The standard InChI is InChI=1S/C17H17N3OS/c1-4-5-19-16(21)15-14(18)12-8-11-6-9(2)10(3)7-13(11)20-17(12)22-15/h4,6-8H,1,5,18H2,2-3H3,(H,19,21). The molecule has 4 nitrogen and oxygen atoms in total. The minimum Gasteiger partial charge on any atom is -0.397 e. The van der Waals surface area contributed by atoms with Gasteiger partial charge in [0.1, 0.15) is 9.71 Å². The molecule has 22 heavy (non-hydrogen) atoms. The summed E-state index contributed by atoms with van der Waals surface area (Å²) >= 11 is 1.32. The summed E-state index contributed by atoms with van der Waals surface area (Å²) in [4.78, 5) is 18.1. The maximum Gasteiger partial charge on any atom is 0.263 e. The van der Waals surface area contributed by atoms with Crippen LogP contribution in [0.4, 0.5) is 5.69 Å². The third-order valence-electron chi connectivity index (χ3n) is 3.74. The predicted octanol–water partition coefficient (Wildman–Crippen LogP) is 3.56. The Morgan fingerprint density at radius 3 is 2.82 bits per heavy atom. The van der Waals surface area contributed by atoms with Crippen molar-refractivity contribution in [1.82, 2.24) is 10.3 Å². The summed E-state index contributed by atoms with van der Waals surface area (Å²) in [6.45, 7) is 8.15. The van der Waals surface area contributed by atoms with Crippen LogP contribution in [0.15, 0.2) is 30.9 Å². The largest absolute Gasteiger partial charge is 0.397 e. The SMILES string of the molecule is C=CCNC(=O)c1sc2nc3cc(C)c(C)cc3cc2c1N. The quantitative estimate of drug-likeness (QED) is 0.727. The van der Waals surface area contributed by atoms with Crippen molar-refractivity contribution >= 4 is 44.1 Å². The molecule has 0 atom stereocenters. The Morgan fingerprint density at radius 2 is 2.09 bits per heavy atom. The summed E-state index contributed by atoms with van der Waals surface area (Å²) in [5, 5.41) is 4.63. The molecule has 3 aromatic rings. The second-order valence-electron chi connectivity index (χ2n) is 5.31. The zero-order chi connectivity index (χ0) is 15.9. The first-order chi connectivity index (χ1) is 10.5. The number of rotatable bonds is 3. The Bertz CT molecular complexity index is 911. The maximum absolute atomic E-state index is 12.1. The average molecular weight is 311 g/mol. The number of pyridine rings is 1. The highest BCUT2D eigenvalue weighted by Crippen LogP contribution is 2.35. The van der Waals surface area contributed by atoms with Gasteiger partial charge in [-0.05, 0) is 43.2 Å². The summed E-state index contributed by atoms with van der Waals surface area (Å²) in [6, 6.07) is 6.18. The van der Waals surface area contributed by atoms with Crippen LogP contribution in [-0.4, -0.2) is 17.4 Å². The monoisotopic (exact) mass is 311 g/mol. The minimum absolute atomic E-state index is 0.184. The highest BCUT2D eigenvalue weighted by molar-refractivity contribution is 7.21. The summed E-state index contributed by atoms with van der Waals surface area (Å²) in [5.74, 6) is -0.184. The van der Waals surface area contributed by atoms with Crippen molar-refractivity contribution in [3.05, 3.63) is 46.9 Å². The molecule has 3 N–H and O–H groups in total. The van der Waals surface area contributed by atoms with E-state index in [1.807, 2.05) is 6.07 Å². The smallest absolute Gasteiger partial charge is 0.263 e. The molecular weight excluding hydrogens is 294 g/mol. The molecule has 0 saturated heterocycles. The van der Waals surface area contributed by atoms with Gasteiger partial charge >= 0.3 is 0 Å². The number of aryl methyl sites for hydroxylation is 2.